The molecule has 1 N–H and O–H groups in total. The normalized spacial score (nSPS) is 11.2. The number of hydrazone groups is 1. The Morgan fingerprint density at radius 3 is 2.58 bits per heavy atom. The second kappa shape index (κ2) is 5.86. The fourth-order valence-corrected chi connectivity index (χ4v) is 1.48. The molecule has 0 fully saturated rings. The van der Waals surface area contributed by atoms with Crippen LogP contribution < -0.4 is 10.2 Å². The molecule has 1 amide bonds. The largest absolute Gasteiger partial charge is 0.497 e. The van der Waals surface area contributed by atoms with E-state index in [1.54, 1.807) is 56.7 Å². The summed E-state index contributed by atoms with van der Waals surface area (Å²) in [6, 6.07) is 10.3. The van der Waals surface area contributed by atoms with E-state index in [1.807, 2.05) is 0 Å². The summed E-state index contributed by atoms with van der Waals surface area (Å²) in [7, 11) is 1.58. The molecule has 1 aromatic heterocycles. The Morgan fingerprint density at radius 2 is 2.00 bits per heavy atom. The van der Waals surface area contributed by atoms with Gasteiger partial charge in [-0.3, -0.25) is 4.79 Å². The number of hydrogen-bond acceptors (Lipinski definition) is 4. The highest BCUT2D eigenvalue weighted by Gasteiger charge is 2.05. The summed E-state index contributed by atoms with van der Waals surface area (Å²) in [5.41, 5.74) is 3.59. The van der Waals surface area contributed by atoms with Gasteiger partial charge in [0.2, 0.25) is 0 Å². The predicted molar refractivity (Wildman–Crippen MR) is 71.4 cm³/mol. The monoisotopic (exact) mass is 258 g/mol. The first kappa shape index (κ1) is 12.9. The summed E-state index contributed by atoms with van der Waals surface area (Å²) in [6.45, 7) is 1.76. The molecule has 2 aromatic rings. The molecule has 0 aliphatic rings. The number of nitrogens with one attached hydrogen (secondary N) is 1. The van der Waals surface area contributed by atoms with Gasteiger partial charge in [0, 0.05) is 5.56 Å². The maximum absolute atomic E-state index is 11.8. The van der Waals surface area contributed by atoms with Gasteiger partial charge in [-0.15, -0.1) is 0 Å². The van der Waals surface area contributed by atoms with Gasteiger partial charge < -0.3 is 9.15 Å². The van der Waals surface area contributed by atoms with E-state index in [4.69, 9.17) is 9.15 Å². The highest BCUT2D eigenvalue weighted by atomic mass is 16.5. The minimum atomic E-state index is -0.284. The molecule has 1 aromatic carbocycles. The highest BCUT2D eigenvalue weighted by molar-refractivity contribution is 5.99. The fourth-order valence-electron chi connectivity index (χ4n) is 1.48. The van der Waals surface area contributed by atoms with Gasteiger partial charge in [-0.25, -0.2) is 5.43 Å². The standard InChI is InChI=1S/C14H14N2O3/c1-10(13-4-3-9-19-13)15-16-14(17)11-5-7-12(18-2)8-6-11/h3-9H,1-2H3,(H,16,17)/b15-10-. The van der Waals surface area contributed by atoms with E-state index < -0.39 is 0 Å². The van der Waals surface area contributed by atoms with Crippen LogP contribution in [-0.4, -0.2) is 18.7 Å². The molecule has 98 valence electrons. The molecular weight excluding hydrogens is 244 g/mol. The van der Waals surface area contributed by atoms with Crippen LogP contribution in [0.15, 0.2) is 52.2 Å². The van der Waals surface area contributed by atoms with Crippen molar-refractivity contribution in [2.24, 2.45) is 5.10 Å². The molecule has 0 saturated carbocycles. The van der Waals surface area contributed by atoms with Crippen molar-refractivity contribution in [3.05, 3.63) is 54.0 Å². The third kappa shape index (κ3) is 3.22. The SMILES string of the molecule is COc1ccc(C(=O)N/N=C(/C)c2ccco2)cc1. The van der Waals surface area contributed by atoms with Crippen molar-refractivity contribution in [1.29, 1.82) is 0 Å². The van der Waals surface area contributed by atoms with Gasteiger partial charge in [-0.1, -0.05) is 0 Å². The fraction of sp³-hybridized carbons (Fsp3) is 0.143. The van der Waals surface area contributed by atoms with Crippen LogP contribution in [0.3, 0.4) is 0 Å². The molecule has 0 saturated heterocycles. The van der Waals surface area contributed by atoms with Crippen molar-refractivity contribution in [2.75, 3.05) is 7.11 Å². The Bertz CT molecular complexity index is 571. The van der Waals surface area contributed by atoms with E-state index in [9.17, 15) is 4.79 Å². The van der Waals surface area contributed by atoms with E-state index in [0.29, 0.717) is 22.8 Å². The predicted octanol–water partition coefficient (Wildman–Crippen LogP) is 2.44. The molecule has 0 spiro atoms. The molecule has 1 heterocycles. The number of nitrogens with zero attached hydrogens (tertiary/aromatic N) is 1. The lowest BCUT2D eigenvalue weighted by Crippen LogP contribution is -2.19. The Hall–Kier alpha value is -2.56. The number of ether oxygens (including phenoxy) is 1. The number of rotatable bonds is 4. The lowest BCUT2D eigenvalue weighted by Gasteiger charge is -2.03. The van der Waals surface area contributed by atoms with Crippen molar-refractivity contribution in [1.82, 2.24) is 5.43 Å². The van der Waals surface area contributed by atoms with Crippen LogP contribution in [-0.2, 0) is 0 Å². The zero-order chi connectivity index (χ0) is 13.7. The number of methoxy groups -OCH3 is 1. The smallest absolute Gasteiger partial charge is 0.271 e. The van der Waals surface area contributed by atoms with Crippen molar-refractivity contribution in [3.8, 4) is 5.75 Å². The van der Waals surface area contributed by atoms with Crippen LogP contribution >= 0.6 is 0 Å². The minimum absolute atomic E-state index is 0.284. The summed E-state index contributed by atoms with van der Waals surface area (Å²) in [6.07, 6.45) is 1.56. The molecule has 0 unspecified atom stereocenters. The number of furan rings is 1. The first-order chi connectivity index (χ1) is 9.20. The first-order valence-electron chi connectivity index (χ1n) is 5.73. The van der Waals surface area contributed by atoms with Crippen LogP contribution in [0, 0.1) is 0 Å². The quantitative estimate of drug-likeness (QED) is 0.676. The molecule has 19 heavy (non-hydrogen) atoms. The Kier molecular flexibility index (Phi) is 3.97. The maximum atomic E-state index is 11.8. The van der Waals surface area contributed by atoms with E-state index in [0.717, 1.165) is 0 Å². The van der Waals surface area contributed by atoms with Gasteiger partial charge in [-0.2, -0.15) is 5.10 Å². The number of carbonyl (C=O) groups excluding carboxylic acids is 1. The third-order valence-corrected chi connectivity index (χ3v) is 2.56. The second-order valence-corrected chi connectivity index (χ2v) is 3.84. The van der Waals surface area contributed by atoms with Gasteiger partial charge in [0.1, 0.15) is 17.2 Å². The minimum Gasteiger partial charge on any atom is -0.497 e. The molecule has 5 nitrogen and oxygen atoms in total. The van der Waals surface area contributed by atoms with Gasteiger partial charge in [0.05, 0.1) is 13.4 Å². The molecule has 0 bridgehead atoms. The van der Waals surface area contributed by atoms with Crippen LogP contribution in [0.1, 0.15) is 23.0 Å². The van der Waals surface area contributed by atoms with Crippen molar-refractivity contribution < 1.29 is 13.9 Å². The first-order valence-corrected chi connectivity index (χ1v) is 5.73. The highest BCUT2D eigenvalue weighted by Crippen LogP contribution is 2.11. The molecule has 0 atom stereocenters. The van der Waals surface area contributed by atoms with Gasteiger partial charge >= 0.3 is 0 Å². The number of hydrogen-bond donors (Lipinski definition) is 1. The van der Waals surface area contributed by atoms with Crippen molar-refractivity contribution in [3.63, 3.8) is 0 Å². The van der Waals surface area contributed by atoms with Gasteiger partial charge in [0.25, 0.3) is 5.91 Å². The van der Waals surface area contributed by atoms with Crippen LogP contribution in [0.2, 0.25) is 0 Å². The van der Waals surface area contributed by atoms with Crippen molar-refractivity contribution in [2.45, 2.75) is 6.92 Å². The lowest BCUT2D eigenvalue weighted by atomic mass is 10.2. The number of carbonyl (C=O) groups is 1. The summed E-state index contributed by atoms with van der Waals surface area (Å²) in [4.78, 5) is 11.8. The Morgan fingerprint density at radius 1 is 1.26 bits per heavy atom. The lowest BCUT2D eigenvalue weighted by molar-refractivity contribution is 0.0955. The molecule has 0 radical (unpaired) electrons. The van der Waals surface area contributed by atoms with Gasteiger partial charge in [-0.05, 0) is 43.3 Å². The number of benzene rings is 1. The van der Waals surface area contributed by atoms with E-state index >= 15 is 0 Å². The summed E-state index contributed by atoms with van der Waals surface area (Å²) < 4.78 is 10.2. The molecule has 5 heteroatoms. The average Bonchev–Trinajstić information content (AvgIpc) is 2.98. The zero-order valence-electron chi connectivity index (χ0n) is 10.7. The number of amides is 1. The third-order valence-electron chi connectivity index (χ3n) is 2.56. The van der Waals surface area contributed by atoms with Crippen molar-refractivity contribution >= 4 is 11.6 Å². The molecule has 0 aliphatic carbocycles. The Labute approximate surface area is 110 Å². The summed E-state index contributed by atoms with van der Waals surface area (Å²) in [5.74, 6) is 1.04. The van der Waals surface area contributed by atoms with Gasteiger partial charge in [0.15, 0.2) is 0 Å². The Balaban J connectivity index is 2.02. The molecule has 0 aliphatic heterocycles. The maximum Gasteiger partial charge on any atom is 0.271 e. The van der Waals surface area contributed by atoms with Crippen LogP contribution in [0.4, 0.5) is 0 Å². The van der Waals surface area contributed by atoms with E-state index in [1.165, 1.54) is 0 Å². The summed E-state index contributed by atoms with van der Waals surface area (Å²) >= 11 is 0. The summed E-state index contributed by atoms with van der Waals surface area (Å²) in [5, 5.41) is 3.98. The van der Waals surface area contributed by atoms with Crippen LogP contribution in [0.25, 0.3) is 0 Å². The molecule has 2 rings (SSSR count). The van der Waals surface area contributed by atoms with E-state index in [2.05, 4.69) is 10.5 Å². The topological polar surface area (TPSA) is 63.8 Å². The van der Waals surface area contributed by atoms with Crippen LogP contribution in [0.5, 0.6) is 5.75 Å². The second-order valence-electron chi connectivity index (χ2n) is 3.84. The van der Waals surface area contributed by atoms with E-state index in [-0.39, 0.29) is 5.91 Å². The molecular formula is C14H14N2O3. The average molecular weight is 258 g/mol. The zero-order valence-corrected chi connectivity index (χ0v) is 10.7.